The lowest BCUT2D eigenvalue weighted by atomic mass is 10.1. The maximum Gasteiger partial charge on any atom is 0.239 e. The standard InChI is InChI=1S/C16H24N4O2.2ClH/c17-10-15(21)18-11-16(22)19-14(12-20-8-4-5-9-20)13-6-2-1-3-7-13;;/h1-3,6-7,14H,4-5,8-12,17H2,(H,18,21)(H,19,22);2*1H. The molecular formula is C16H26Cl2N4O2. The van der Waals surface area contributed by atoms with Crippen molar-refractivity contribution in [3.63, 3.8) is 0 Å². The summed E-state index contributed by atoms with van der Waals surface area (Å²) in [6, 6.07) is 9.85. The molecule has 0 radical (unpaired) electrons. The Bertz CT molecular complexity index is 496. The quantitative estimate of drug-likeness (QED) is 0.658. The largest absolute Gasteiger partial charge is 0.346 e. The molecule has 6 nitrogen and oxygen atoms in total. The van der Waals surface area contributed by atoms with Gasteiger partial charge in [-0.05, 0) is 31.5 Å². The van der Waals surface area contributed by atoms with Crippen LogP contribution >= 0.6 is 24.8 Å². The number of nitrogens with one attached hydrogen (secondary N) is 2. The number of carbonyl (C=O) groups excluding carboxylic acids is 2. The number of likely N-dealkylation sites (tertiary alicyclic amines) is 1. The molecule has 1 aliphatic rings. The number of carbonyl (C=O) groups is 2. The van der Waals surface area contributed by atoms with E-state index in [-0.39, 0.29) is 55.8 Å². The highest BCUT2D eigenvalue weighted by Gasteiger charge is 2.20. The number of nitrogens with zero attached hydrogens (tertiary/aromatic N) is 1. The van der Waals surface area contributed by atoms with Crippen LogP contribution in [0.4, 0.5) is 0 Å². The van der Waals surface area contributed by atoms with Crippen molar-refractivity contribution in [1.82, 2.24) is 15.5 Å². The van der Waals surface area contributed by atoms with Gasteiger partial charge in [0.25, 0.3) is 0 Å². The van der Waals surface area contributed by atoms with E-state index in [9.17, 15) is 9.59 Å². The third kappa shape index (κ3) is 7.49. The van der Waals surface area contributed by atoms with Crippen LogP contribution in [-0.4, -0.2) is 49.4 Å². The Balaban J connectivity index is 0.00000264. The molecule has 1 fully saturated rings. The number of amides is 2. The average Bonchev–Trinajstić information content (AvgIpc) is 3.06. The van der Waals surface area contributed by atoms with Gasteiger partial charge in [-0.2, -0.15) is 0 Å². The Labute approximate surface area is 155 Å². The predicted molar refractivity (Wildman–Crippen MR) is 99.6 cm³/mol. The Kier molecular flexibility index (Phi) is 11.4. The zero-order valence-electron chi connectivity index (χ0n) is 13.6. The van der Waals surface area contributed by atoms with Gasteiger partial charge in [0.15, 0.2) is 0 Å². The van der Waals surface area contributed by atoms with Gasteiger partial charge < -0.3 is 21.3 Å². The van der Waals surface area contributed by atoms with Gasteiger partial charge in [-0.3, -0.25) is 9.59 Å². The van der Waals surface area contributed by atoms with E-state index in [4.69, 9.17) is 5.73 Å². The first kappa shape index (κ1) is 22.7. The van der Waals surface area contributed by atoms with Crippen molar-refractivity contribution in [2.45, 2.75) is 18.9 Å². The van der Waals surface area contributed by atoms with E-state index in [0.29, 0.717) is 0 Å². The average molecular weight is 377 g/mol. The van der Waals surface area contributed by atoms with Gasteiger partial charge in [-0.25, -0.2) is 0 Å². The second-order valence-corrected chi connectivity index (χ2v) is 5.52. The van der Waals surface area contributed by atoms with Crippen LogP contribution in [0.5, 0.6) is 0 Å². The predicted octanol–water partition coefficient (Wildman–Crippen LogP) is 0.858. The van der Waals surface area contributed by atoms with E-state index >= 15 is 0 Å². The van der Waals surface area contributed by atoms with Gasteiger partial charge >= 0.3 is 0 Å². The third-order valence-electron chi connectivity index (χ3n) is 3.81. The molecule has 1 heterocycles. The minimum atomic E-state index is -0.328. The molecule has 4 N–H and O–H groups in total. The molecule has 0 bridgehead atoms. The molecule has 1 unspecified atom stereocenters. The van der Waals surface area contributed by atoms with Crippen molar-refractivity contribution < 1.29 is 9.59 Å². The first-order chi connectivity index (χ1) is 10.7. The van der Waals surface area contributed by atoms with Gasteiger partial charge in [0.2, 0.25) is 11.8 Å². The van der Waals surface area contributed by atoms with Crippen LogP contribution in [0.2, 0.25) is 0 Å². The van der Waals surface area contributed by atoms with E-state index in [1.54, 1.807) is 0 Å². The van der Waals surface area contributed by atoms with Crippen molar-refractivity contribution in [3.8, 4) is 0 Å². The SMILES string of the molecule is Cl.Cl.NCC(=O)NCC(=O)NC(CN1CCCC1)c1ccccc1. The first-order valence-electron chi connectivity index (χ1n) is 7.72. The lowest BCUT2D eigenvalue weighted by Gasteiger charge is -2.25. The number of benzene rings is 1. The van der Waals surface area contributed by atoms with Gasteiger partial charge in [0.05, 0.1) is 19.1 Å². The van der Waals surface area contributed by atoms with Crippen molar-refractivity contribution in [2.75, 3.05) is 32.7 Å². The fourth-order valence-corrected chi connectivity index (χ4v) is 2.64. The van der Waals surface area contributed by atoms with Crippen LogP contribution in [0, 0.1) is 0 Å². The summed E-state index contributed by atoms with van der Waals surface area (Å²) in [5.74, 6) is -0.527. The maximum absolute atomic E-state index is 12.0. The second kappa shape index (κ2) is 12.1. The molecule has 1 aromatic carbocycles. The van der Waals surface area contributed by atoms with E-state index in [2.05, 4.69) is 15.5 Å². The van der Waals surface area contributed by atoms with Crippen LogP contribution < -0.4 is 16.4 Å². The van der Waals surface area contributed by atoms with Gasteiger partial charge in [0.1, 0.15) is 0 Å². The molecule has 0 aliphatic carbocycles. The highest BCUT2D eigenvalue weighted by atomic mass is 35.5. The van der Waals surface area contributed by atoms with Gasteiger partial charge in [0, 0.05) is 6.54 Å². The van der Waals surface area contributed by atoms with E-state index < -0.39 is 0 Å². The Morgan fingerprint density at radius 2 is 1.71 bits per heavy atom. The number of nitrogens with two attached hydrogens (primary N) is 1. The Morgan fingerprint density at radius 1 is 1.08 bits per heavy atom. The molecule has 2 amide bonds. The second-order valence-electron chi connectivity index (χ2n) is 5.52. The molecule has 24 heavy (non-hydrogen) atoms. The monoisotopic (exact) mass is 376 g/mol. The Morgan fingerprint density at radius 3 is 2.29 bits per heavy atom. The van der Waals surface area contributed by atoms with Crippen molar-refractivity contribution in [3.05, 3.63) is 35.9 Å². The summed E-state index contributed by atoms with van der Waals surface area (Å²) in [6.07, 6.45) is 2.42. The van der Waals surface area contributed by atoms with Crippen LogP contribution in [0.1, 0.15) is 24.4 Å². The fraction of sp³-hybridized carbons (Fsp3) is 0.500. The van der Waals surface area contributed by atoms with E-state index in [1.807, 2.05) is 30.3 Å². The molecule has 2 rings (SSSR count). The molecule has 0 aromatic heterocycles. The molecule has 8 heteroatoms. The van der Waals surface area contributed by atoms with Crippen LogP contribution in [0.15, 0.2) is 30.3 Å². The van der Waals surface area contributed by atoms with Crippen LogP contribution in [0.3, 0.4) is 0 Å². The molecule has 1 atom stereocenters. The van der Waals surface area contributed by atoms with Gasteiger partial charge in [-0.1, -0.05) is 30.3 Å². The minimum absolute atomic E-state index is 0. The Hall–Kier alpha value is -1.34. The smallest absolute Gasteiger partial charge is 0.239 e. The number of hydrogen-bond acceptors (Lipinski definition) is 4. The minimum Gasteiger partial charge on any atom is -0.346 e. The summed E-state index contributed by atoms with van der Waals surface area (Å²) in [7, 11) is 0. The molecule has 1 aliphatic heterocycles. The lowest BCUT2D eigenvalue weighted by Crippen LogP contribution is -2.43. The molecule has 0 spiro atoms. The maximum atomic E-state index is 12.0. The summed E-state index contributed by atoms with van der Waals surface area (Å²) in [5, 5.41) is 5.50. The number of halogens is 2. The molecule has 0 saturated carbocycles. The van der Waals surface area contributed by atoms with Gasteiger partial charge in [-0.15, -0.1) is 24.8 Å². The molecule has 1 aromatic rings. The number of hydrogen-bond donors (Lipinski definition) is 3. The summed E-state index contributed by atoms with van der Waals surface area (Å²) in [4.78, 5) is 25.5. The van der Waals surface area contributed by atoms with Crippen LogP contribution in [0.25, 0.3) is 0 Å². The summed E-state index contributed by atoms with van der Waals surface area (Å²) >= 11 is 0. The first-order valence-corrected chi connectivity index (χ1v) is 7.72. The lowest BCUT2D eigenvalue weighted by molar-refractivity contribution is -0.125. The molecule has 1 saturated heterocycles. The van der Waals surface area contributed by atoms with E-state index in [0.717, 1.165) is 25.2 Å². The summed E-state index contributed by atoms with van der Waals surface area (Å²) < 4.78 is 0. The molecular weight excluding hydrogens is 351 g/mol. The van der Waals surface area contributed by atoms with E-state index in [1.165, 1.54) is 12.8 Å². The normalized spacial score (nSPS) is 14.9. The zero-order chi connectivity index (χ0) is 15.8. The highest BCUT2D eigenvalue weighted by molar-refractivity contribution is 5.86. The van der Waals surface area contributed by atoms with Crippen molar-refractivity contribution in [2.24, 2.45) is 5.73 Å². The van der Waals surface area contributed by atoms with Crippen molar-refractivity contribution >= 4 is 36.6 Å². The van der Waals surface area contributed by atoms with Crippen LogP contribution in [-0.2, 0) is 9.59 Å². The van der Waals surface area contributed by atoms with Crippen molar-refractivity contribution in [1.29, 1.82) is 0 Å². The highest BCUT2D eigenvalue weighted by Crippen LogP contribution is 2.17. The summed E-state index contributed by atoms with van der Waals surface area (Å²) in [6.45, 7) is 2.79. The fourth-order valence-electron chi connectivity index (χ4n) is 2.64. The number of rotatable bonds is 7. The molecule has 136 valence electrons. The third-order valence-corrected chi connectivity index (χ3v) is 3.81. The zero-order valence-corrected chi connectivity index (χ0v) is 15.2. The topological polar surface area (TPSA) is 87.5 Å². The summed E-state index contributed by atoms with van der Waals surface area (Å²) in [5.41, 5.74) is 6.29.